The molecule has 34 heavy (non-hydrogen) atoms. The van der Waals surface area contributed by atoms with Gasteiger partial charge in [0.15, 0.2) is 0 Å². The van der Waals surface area contributed by atoms with Crippen molar-refractivity contribution in [2.45, 2.75) is 57.0 Å². The van der Waals surface area contributed by atoms with Crippen molar-refractivity contribution >= 4 is 16.8 Å². The maximum absolute atomic E-state index is 13.5. The summed E-state index contributed by atoms with van der Waals surface area (Å²) in [6, 6.07) is 17.8. The van der Waals surface area contributed by atoms with E-state index in [2.05, 4.69) is 33.4 Å². The summed E-state index contributed by atoms with van der Waals surface area (Å²) in [6.07, 6.45) is 7.37. The number of hydrogen-bond donors (Lipinski definition) is 2. The van der Waals surface area contributed by atoms with E-state index >= 15 is 0 Å². The fraction of sp³-hybridized carbons (Fsp3) is 0.393. The van der Waals surface area contributed by atoms with Crippen LogP contribution in [0, 0.1) is 22.7 Å². The number of nitrogens with zero attached hydrogens (tertiary/aromatic N) is 3. The first-order valence-electron chi connectivity index (χ1n) is 12.2. The molecule has 2 aliphatic rings. The van der Waals surface area contributed by atoms with Gasteiger partial charge in [0.2, 0.25) is 0 Å². The van der Waals surface area contributed by atoms with E-state index in [1.807, 2.05) is 30.3 Å². The van der Waals surface area contributed by atoms with Crippen molar-refractivity contribution in [2.75, 3.05) is 13.1 Å². The van der Waals surface area contributed by atoms with Crippen molar-refractivity contribution in [3.05, 3.63) is 70.4 Å². The fourth-order valence-corrected chi connectivity index (χ4v) is 5.63. The number of aromatic amines is 1. The number of H-pyrrole nitrogens is 1. The number of amides is 1. The Morgan fingerprint density at radius 1 is 1.06 bits per heavy atom. The molecular formula is C28H29N5O. The molecule has 1 fully saturated rings. The highest BCUT2D eigenvalue weighted by atomic mass is 16.1. The van der Waals surface area contributed by atoms with Gasteiger partial charge >= 0.3 is 0 Å². The standard InChI is InChI=1S/C28H29N5O/c29-17-20-7-8-22-19-33(13-9-21(22)15-20)14-12-28(10-2-1-3-11-28)32-27(34)24-5-4-6-26-25(24)16-23(18-30)31-26/h4-8,15-16,31H,1-3,9-14,19H2,(H,32,34). The van der Waals surface area contributed by atoms with E-state index in [1.165, 1.54) is 17.5 Å². The highest BCUT2D eigenvalue weighted by Crippen LogP contribution is 2.33. The van der Waals surface area contributed by atoms with Crippen LogP contribution in [0.15, 0.2) is 42.5 Å². The van der Waals surface area contributed by atoms with Crippen molar-refractivity contribution in [2.24, 2.45) is 0 Å². The van der Waals surface area contributed by atoms with Gasteiger partial charge in [0.25, 0.3) is 5.91 Å². The number of benzene rings is 2. The van der Waals surface area contributed by atoms with Crippen LogP contribution >= 0.6 is 0 Å². The highest BCUT2D eigenvalue weighted by molar-refractivity contribution is 6.07. The molecule has 6 nitrogen and oxygen atoms in total. The molecule has 1 saturated carbocycles. The normalized spacial score (nSPS) is 17.5. The Bertz CT molecular complexity index is 1300. The first kappa shape index (κ1) is 22.2. The van der Waals surface area contributed by atoms with E-state index in [0.29, 0.717) is 11.3 Å². The second kappa shape index (κ2) is 9.33. The molecule has 2 aromatic carbocycles. The summed E-state index contributed by atoms with van der Waals surface area (Å²) < 4.78 is 0. The Labute approximate surface area is 200 Å². The summed E-state index contributed by atoms with van der Waals surface area (Å²) in [4.78, 5) is 19.0. The topological polar surface area (TPSA) is 95.7 Å². The molecule has 1 aromatic heterocycles. The van der Waals surface area contributed by atoms with E-state index in [0.717, 1.165) is 74.6 Å². The van der Waals surface area contributed by atoms with Crippen LogP contribution in [0.4, 0.5) is 0 Å². The van der Waals surface area contributed by atoms with Crippen LogP contribution < -0.4 is 5.32 Å². The predicted molar refractivity (Wildman–Crippen MR) is 131 cm³/mol. The van der Waals surface area contributed by atoms with Gasteiger partial charge in [0, 0.05) is 41.6 Å². The minimum atomic E-state index is -0.198. The van der Waals surface area contributed by atoms with Crippen molar-refractivity contribution in [3.63, 3.8) is 0 Å². The van der Waals surface area contributed by atoms with Crippen LogP contribution in [-0.4, -0.2) is 34.4 Å². The first-order chi connectivity index (χ1) is 16.6. The van der Waals surface area contributed by atoms with E-state index in [9.17, 15) is 10.1 Å². The molecule has 6 heteroatoms. The van der Waals surface area contributed by atoms with Gasteiger partial charge in [-0.05, 0) is 67.1 Å². The Morgan fingerprint density at radius 3 is 2.71 bits per heavy atom. The second-order valence-corrected chi connectivity index (χ2v) is 9.73. The summed E-state index contributed by atoms with van der Waals surface area (Å²) in [5.41, 5.74) is 5.03. The minimum Gasteiger partial charge on any atom is -0.347 e. The van der Waals surface area contributed by atoms with Gasteiger partial charge in [-0.3, -0.25) is 9.69 Å². The summed E-state index contributed by atoms with van der Waals surface area (Å²) in [5, 5.41) is 22.7. The van der Waals surface area contributed by atoms with Crippen LogP contribution in [0.1, 0.15) is 71.3 Å². The van der Waals surface area contributed by atoms with Crippen LogP contribution in [0.5, 0.6) is 0 Å². The molecule has 0 atom stereocenters. The predicted octanol–water partition coefficient (Wildman–Crippen LogP) is 4.79. The summed E-state index contributed by atoms with van der Waals surface area (Å²) in [5.74, 6) is -0.0518. The summed E-state index contributed by atoms with van der Waals surface area (Å²) in [7, 11) is 0. The third kappa shape index (κ3) is 4.42. The summed E-state index contributed by atoms with van der Waals surface area (Å²) >= 11 is 0. The number of fused-ring (bicyclic) bond motifs is 2. The highest BCUT2D eigenvalue weighted by Gasteiger charge is 2.34. The number of nitrogens with one attached hydrogen (secondary N) is 2. The number of rotatable bonds is 5. The van der Waals surface area contributed by atoms with E-state index in [1.54, 1.807) is 6.07 Å². The van der Waals surface area contributed by atoms with E-state index in [4.69, 9.17) is 5.26 Å². The van der Waals surface area contributed by atoms with Gasteiger partial charge in [0.05, 0.1) is 11.6 Å². The first-order valence-corrected chi connectivity index (χ1v) is 12.2. The number of nitriles is 2. The van der Waals surface area contributed by atoms with Crippen LogP contribution in [-0.2, 0) is 13.0 Å². The number of carbonyl (C=O) groups is 1. The molecule has 172 valence electrons. The lowest BCUT2D eigenvalue weighted by atomic mass is 9.78. The van der Waals surface area contributed by atoms with Gasteiger partial charge in [-0.15, -0.1) is 0 Å². The number of hydrogen-bond acceptors (Lipinski definition) is 4. The minimum absolute atomic E-state index is 0.0518. The van der Waals surface area contributed by atoms with Crippen molar-refractivity contribution < 1.29 is 4.79 Å². The Balaban J connectivity index is 1.31. The summed E-state index contributed by atoms with van der Waals surface area (Å²) in [6.45, 7) is 2.81. The average Bonchev–Trinajstić information content (AvgIpc) is 3.31. The monoisotopic (exact) mass is 451 g/mol. The van der Waals surface area contributed by atoms with Gasteiger partial charge in [-0.1, -0.05) is 31.4 Å². The van der Waals surface area contributed by atoms with Crippen molar-refractivity contribution in [1.29, 1.82) is 10.5 Å². The molecule has 0 saturated heterocycles. The fourth-order valence-electron chi connectivity index (χ4n) is 5.63. The largest absolute Gasteiger partial charge is 0.347 e. The van der Waals surface area contributed by atoms with Gasteiger partial charge in [-0.25, -0.2) is 0 Å². The van der Waals surface area contributed by atoms with Crippen LogP contribution in [0.3, 0.4) is 0 Å². The van der Waals surface area contributed by atoms with Gasteiger partial charge in [-0.2, -0.15) is 10.5 Å². The lowest BCUT2D eigenvalue weighted by Crippen LogP contribution is -2.51. The molecule has 0 spiro atoms. The molecular weight excluding hydrogens is 422 g/mol. The Morgan fingerprint density at radius 2 is 1.91 bits per heavy atom. The van der Waals surface area contributed by atoms with Crippen molar-refractivity contribution in [3.8, 4) is 12.1 Å². The Kier molecular flexibility index (Phi) is 6.09. The van der Waals surface area contributed by atoms with E-state index in [-0.39, 0.29) is 11.4 Å². The average molecular weight is 452 g/mol. The van der Waals surface area contributed by atoms with Crippen LogP contribution in [0.2, 0.25) is 0 Å². The van der Waals surface area contributed by atoms with E-state index < -0.39 is 0 Å². The van der Waals surface area contributed by atoms with Gasteiger partial charge < -0.3 is 10.3 Å². The Hall–Kier alpha value is -3.61. The number of carbonyl (C=O) groups excluding carboxylic acids is 1. The van der Waals surface area contributed by atoms with Gasteiger partial charge in [0.1, 0.15) is 11.8 Å². The molecule has 2 N–H and O–H groups in total. The molecule has 0 radical (unpaired) electrons. The molecule has 2 heterocycles. The molecule has 1 amide bonds. The number of aromatic nitrogens is 1. The lowest BCUT2D eigenvalue weighted by molar-refractivity contribution is 0.0842. The molecule has 0 bridgehead atoms. The zero-order valence-corrected chi connectivity index (χ0v) is 19.4. The zero-order chi connectivity index (χ0) is 23.5. The maximum Gasteiger partial charge on any atom is 0.252 e. The molecule has 0 unspecified atom stereocenters. The van der Waals surface area contributed by atoms with Crippen molar-refractivity contribution in [1.82, 2.24) is 15.2 Å². The SMILES string of the molecule is N#Cc1ccc2c(c1)CCN(CCC1(NC(=O)c3cccc4[nH]c(C#N)cc34)CCCCC1)C2. The maximum atomic E-state index is 13.5. The third-order valence-electron chi connectivity index (χ3n) is 7.55. The zero-order valence-electron chi connectivity index (χ0n) is 19.4. The third-order valence-corrected chi connectivity index (χ3v) is 7.55. The quantitative estimate of drug-likeness (QED) is 0.583. The van der Waals surface area contributed by atoms with Crippen LogP contribution in [0.25, 0.3) is 10.9 Å². The smallest absolute Gasteiger partial charge is 0.252 e. The molecule has 1 aliphatic carbocycles. The molecule has 1 aliphatic heterocycles. The lowest BCUT2D eigenvalue weighted by Gasteiger charge is -2.40. The molecule has 5 rings (SSSR count). The molecule has 3 aromatic rings. The second-order valence-electron chi connectivity index (χ2n) is 9.73.